The molecular weight excluding hydrogens is 426 g/mol. The zero-order valence-corrected chi connectivity index (χ0v) is 19.2. The molecule has 1 fully saturated rings. The zero-order chi connectivity index (χ0) is 23.6. The van der Waals surface area contributed by atoms with Gasteiger partial charge in [-0.25, -0.2) is 0 Å². The summed E-state index contributed by atoms with van der Waals surface area (Å²) in [6.07, 6.45) is 3.78. The van der Waals surface area contributed by atoms with Crippen molar-refractivity contribution in [3.05, 3.63) is 76.7 Å². The van der Waals surface area contributed by atoms with Crippen LogP contribution in [0.25, 0.3) is 38.1 Å². The molecule has 1 N–H and O–H groups in total. The van der Waals surface area contributed by atoms with E-state index < -0.39 is 6.10 Å². The Hall–Kier alpha value is -3.93. The normalized spacial score (nSPS) is 14.8. The van der Waals surface area contributed by atoms with E-state index in [2.05, 4.69) is 16.9 Å². The second kappa shape index (κ2) is 7.55. The highest BCUT2D eigenvalue weighted by Gasteiger charge is 2.27. The Bertz CT molecular complexity index is 1680. The van der Waals surface area contributed by atoms with Gasteiger partial charge in [-0.15, -0.1) is 0 Å². The standard InChI is InChI=1S/C28H25N3O3/c1-15(2)14-21-23(34-16(3)27(32)30-17-8-9-17)11-10-22-24(21)20-12-13-29-25-18-6-4-5-7-19(18)28(33)31(22)26(20)25/h4-7,10-13,16-17H,1,8-9,14H2,2-3H3,(H,30,32)/t16-/m1/s1. The number of aromatic nitrogens is 2. The molecule has 1 aliphatic carbocycles. The summed E-state index contributed by atoms with van der Waals surface area (Å²) in [6, 6.07) is 13.6. The van der Waals surface area contributed by atoms with Crippen LogP contribution < -0.4 is 15.6 Å². The van der Waals surface area contributed by atoms with Crippen LogP contribution in [-0.2, 0) is 11.2 Å². The molecule has 0 aliphatic heterocycles. The number of carbonyl (C=O) groups excluding carboxylic acids is 1. The molecule has 1 amide bonds. The largest absolute Gasteiger partial charge is 0.481 e. The second-order valence-electron chi connectivity index (χ2n) is 9.36. The Morgan fingerprint density at radius 3 is 2.68 bits per heavy atom. The van der Waals surface area contributed by atoms with Gasteiger partial charge in [-0.2, -0.15) is 0 Å². The minimum atomic E-state index is -0.630. The van der Waals surface area contributed by atoms with E-state index in [4.69, 9.17) is 4.74 Å². The predicted octanol–water partition coefficient (Wildman–Crippen LogP) is 4.76. The summed E-state index contributed by atoms with van der Waals surface area (Å²) in [5.41, 5.74) is 4.24. The third-order valence-electron chi connectivity index (χ3n) is 6.60. The van der Waals surface area contributed by atoms with E-state index in [1.165, 1.54) is 0 Å². The van der Waals surface area contributed by atoms with Crippen LogP contribution in [0.2, 0.25) is 0 Å². The Balaban J connectivity index is 1.64. The third-order valence-corrected chi connectivity index (χ3v) is 6.60. The first-order valence-electron chi connectivity index (χ1n) is 11.6. The van der Waals surface area contributed by atoms with E-state index in [1.807, 2.05) is 49.4 Å². The van der Waals surface area contributed by atoms with Crippen LogP contribution in [0.15, 0.2) is 65.6 Å². The molecule has 0 spiro atoms. The molecule has 1 atom stereocenters. The van der Waals surface area contributed by atoms with Crippen molar-refractivity contribution in [3.63, 3.8) is 0 Å². The van der Waals surface area contributed by atoms with Crippen LogP contribution in [0, 0.1) is 0 Å². The fourth-order valence-electron chi connectivity index (χ4n) is 4.89. The number of rotatable bonds is 6. The smallest absolute Gasteiger partial charge is 0.263 e. The van der Waals surface area contributed by atoms with Crippen molar-refractivity contribution in [2.45, 2.75) is 45.3 Å². The number of hydrogen-bond acceptors (Lipinski definition) is 4. The average Bonchev–Trinajstić information content (AvgIpc) is 3.57. The number of nitrogens with zero attached hydrogens (tertiary/aromatic N) is 2. The topological polar surface area (TPSA) is 72.7 Å². The number of ether oxygens (including phenoxy) is 1. The number of nitrogens with one attached hydrogen (secondary N) is 1. The van der Waals surface area contributed by atoms with Gasteiger partial charge in [0.25, 0.3) is 11.5 Å². The van der Waals surface area contributed by atoms with Crippen molar-refractivity contribution >= 4 is 44.0 Å². The van der Waals surface area contributed by atoms with Crippen LogP contribution in [0.5, 0.6) is 5.75 Å². The number of hydrogen-bond donors (Lipinski definition) is 1. The van der Waals surface area contributed by atoms with Crippen molar-refractivity contribution in [2.75, 3.05) is 0 Å². The summed E-state index contributed by atoms with van der Waals surface area (Å²) in [6.45, 7) is 7.86. The lowest BCUT2D eigenvalue weighted by molar-refractivity contribution is -0.127. The lowest BCUT2D eigenvalue weighted by atomic mass is 9.99. The highest BCUT2D eigenvalue weighted by Crippen LogP contribution is 2.39. The van der Waals surface area contributed by atoms with Gasteiger partial charge in [0, 0.05) is 39.3 Å². The summed E-state index contributed by atoms with van der Waals surface area (Å²) in [5.74, 6) is 0.525. The van der Waals surface area contributed by atoms with E-state index >= 15 is 0 Å². The molecule has 6 nitrogen and oxygen atoms in total. The number of fused-ring (bicyclic) bond motifs is 5. The molecule has 170 valence electrons. The summed E-state index contributed by atoms with van der Waals surface area (Å²) >= 11 is 0. The minimum Gasteiger partial charge on any atom is -0.481 e. The first-order valence-corrected chi connectivity index (χ1v) is 11.6. The molecule has 1 aliphatic rings. The van der Waals surface area contributed by atoms with Crippen molar-refractivity contribution in [2.24, 2.45) is 0 Å². The summed E-state index contributed by atoms with van der Waals surface area (Å²) in [5, 5.41) is 6.37. The maximum Gasteiger partial charge on any atom is 0.263 e. The van der Waals surface area contributed by atoms with Gasteiger partial charge in [0.15, 0.2) is 6.10 Å². The van der Waals surface area contributed by atoms with Crippen LogP contribution >= 0.6 is 0 Å². The Labute approximate surface area is 196 Å². The van der Waals surface area contributed by atoms with Crippen molar-refractivity contribution in [1.29, 1.82) is 0 Å². The maximum atomic E-state index is 13.6. The molecule has 3 heterocycles. The fraction of sp³-hybridized carbons (Fsp3) is 0.250. The monoisotopic (exact) mass is 451 g/mol. The summed E-state index contributed by atoms with van der Waals surface area (Å²) in [4.78, 5) is 30.8. The highest BCUT2D eigenvalue weighted by molar-refractivity contribution is 6.19. The lowest BCUT2D eigenvalue weighted by Crippen LogP contribution is -2.37. The zero-order valence-electron chi connectivity index (χ0n) is 19.2. The summed E-state index contributed by atoms with van der Waals surface area (Å²) < 4.78 is 7.98. The van der Waals surface area contributed by atoms with E-state index in [9.17, 15) is 9.59 Å². The number of allylic oxidation sites excluding steroid dienone is 1. The van der Waals surface area contributed by atoms with Gasteiger partial charge in [0.05, 0.1) is 16.6 Å². The van der Waals surface area contributed by atoms with Gasteiger partial charge in [0.1, 0.15) is 5.75 Å². The number of amides is 1. The Kier molecular flexibility index (Phi) is 4.59. The SMILES string of the molecule is C=C(C)Cc1c(O[C@H](C)C(=O)NC2CC2)ccc2c1c1ccnc3c4ccccc4c(=O)n2c13. The highest BCUT2D eigenvalue weighted by atomic mass is 16.5. The summed E-state index contributed by atoms with van der Waals surface area (Å²) in [7, 11) is 0. The molecule has 6 heteroatoms. The molecule has 2 aromatic carbocycles. The first kappa shape index (κ1) is 20.7. The molecule has 5 aromatic rings. The molecule has 0 radical (unpaired) electrons. The van der Waals surface area contributed by atoms with Crippen molar-refractivity contribution in [1.82, 2.24) is 14.7 Å². The molecule has 1 saturated carbocycles. The Morgan fingerprint density at radius 1 is 1.18 bits per heavy atom. The molecule has 34 heavy (non-hydrogen) atoms. The van der Waals surface area contributed by atoms with Crippen molar-refractivity contribution < 1.29 is 9.53 Å². The number of pyridine rings is 2. The van der Waals surface area contributed by atoms with Gasteiger partial charge in [-0.1, -0.05) is 30.4 Å². The van der Waals surface area contributed by atoms with Gasteiger partial charge in [-0.3, -0.25) is 19.0 Å². The first-order chi connectivity index (χ1) is 16.4. The predicted molar refractivity (Wildman–Crippen MR) is 135 cm³/mol. The Morgan fingerprint density at radius 2 is 1.94 bits per heavy atom. The van der Waals surface area contributed by atoms with Gasteiger partial charge in [0.2, 0.25) is 0 Å². The molecule has 0 unspecified atom stereocenters. The molecule has 6 rings (SSSR count). The van der Waals surface area contributed by atoms with E-state index in [0.717, 1.165) is 56.7 Å². The maximum absolute atomic E-state index is 13.6. The quantitative estimate of drug-likeness (QED) is 0.299. The fourth-order valence-corrected chi connectivity index (χ4v) is 4.89. The van der Waals surface area contributed by atoms with Gasteiger partial charge in [-0.05, 0) is 57.4 Å². The van der Waals surface area contributed by atoms with Crippen LogP contribution in [-0.4, -0.2) is 27.4 Å². The van der Waals surface area contributed by atoms with Gasteiger partial charge < -0.3 is 10.1 Å². The number of carbonyl (C=O) groups is 1. The van der Waals surface area contributed by atoms with E-state index in [-0.39, 0.29) is 17.5 Å². The van der Waals surface area contributed by atoms with Crippen molar-refractivity contribution in [3.8, 4) is 5.75 Å². The lowest BCUT2D eigenvalue weighted by Gasteiger charge is -2.18. The second-order valence-corrected chi connectivity index (χ2v) is 9.36. The molecule has 0 bridgehead atoms. The number of benzene rings is 2. The van der Waals surface area contributed by atoms with Crippen LogP contribution in [0.1, 0.15) is 32.3 Å². The molecule has 0 saturated heterocycles. The van der Waals surface area contributed by atoms with Crippen LogP contribution in [0.3, 0.4) is 0 Å². The molecule has 3 aromatic heterocycles. The third kappa shape index (κ3) is 3.13. The van der Waals surface area contributed by atoms with E-state index in [1.54, 1.807) is 17.5 Å². The van der Waals surface area contributed by atoms with Gasteiger partial charge >= 0.3 is 0 Å². The van der Waals surface area contributed by atoms with Crippen LogP contribution in [0.4, 0.5) is 0 Å². The van der Waals surface area contributed by atoms with E-state index in [0.29, 0.717) is 17.6 Å². The molecular formula is C28H25N3O3. The average molecular weight is 452 g/mol. The minimum absolute atomic E-state index is 0.0665.